The van der Waals surface area contributed by atoms with Gasteiger partial charge in [0.2, 0.25) is 5.91 Å². The van der Waals surface area contributed by atoms with Gasteiger partial charge in [-0.1, -0.05) is 22.9 Å². The van der Waals surface area contributed by atoms with E-state index in [0.717, 1.165) is 27.0 Å². The van der Waals surface area contributed by atoms with Crippen LogP contribution in [0, 0.1) is 5.82 Å². The Morgan fingerprint density at radius 2 is 1.94 bits per heavy atom. The second-order valence-electron chi connectivity index (χ2n) is 9.23. The Hall–Kier alpha value is -2.65. The van der Waals surface area contributed by atoms with E-state index < -0.39 is 29.4 Å². The van der Waals surface area contributed by atoms with Crippen LogP contribution in [0.4, 0.5) is 20.6 Å². The number of imide groups is 1. The summed E-state index contributed by atoms with van der Waals surface area (Å²) in [6.45, 7) is 5.94. The van der Waals surface area contributed by atoms with Crippen LogP contribution in [-0.4, -0.2) is 41.1 Å². The fourth-order valence-electron chi connectivity index (χ4n) is 4.37. The van der Waals surface area contributed by atoms with E-state index in [1.807, 2.05) is 7.05 Å². The van der Waals surface area contributed by atoms with Crippen LogP contribution in [0.1, 0.15) is 44.2 Å². The summed E-state index contributed by atoms with van der Waals surface area (Å²) in [7, 11) is 1.95. The van der Waals surface area contributed by atoms with E-state index in [4.69, 9.17) is 0 Å². The van der Waals surface area contributed by atoms with Crippen molar-refractivity contribution in [3.05, 3.63) is 62.7 Å². The Kier molecular flexibility index (Phi) is 6.61. The number of thioether (sulfide) groups is 1. The van der Waals surface area contributed by atoms with Crippen LogP contribution in [0.5, 0.6) is 0 Å². The second-order valence-corrected chi connectivity index (χ2v) is 11.1. The molecule has 0 aliphatic carbocycles. The highest BCUT2D eigenvalue weighted by atomic mass is 79.9. The lowest BCUT2D eigenvalue weighted by molar-refractivity contribution is -0.127. The monoisotopic (exact) mass is 545 g/mol. The Bertz CT molecular complexity index is 1210. The largest absolute Gasteiger partial charge is 0.369 e. The molecule has 1 N–H and O–H groups in total. The highest BCUT2D eigenvalue weighted by Gasteiger charge is 2.37. The van der Waals surface area contributed by atoms with E-state index in [1.165, 1.54) is 12.1 Å². The zero-order valence-electron chi connectivity index (χ0n) is 19.3. The highest BCUT2D eigenvalue weighted by molar-refractivity contribution is 9.10. The summed E-state index contributed by atoms with van der Waals surface area (Å²) in [5.41, 5.74) is 2.54. The van der Waals surface area contributed by atoms with E-state index in [1.54, 1.807) is 30.3 Å². The molecule has 0 spiro atoms. The van der Waals surface area contributed by atoms with Crippen molar-refractivity contribution in [2.45, 2.75) is 38.6 Å². The number of halogens is 2. The molecule has 0 aromatic heterocycles. The molecule has 2 aliphatic rings. The molecule has 3 amide bonds. The molecule has 2 aliphatic heterocycles. The van der Waals surface area contributed by atoms with Crippen LogP contribution in [0.15, 0.2) is 45.8 Å². The first kappa shape index (κ1) is 24.5. The van der Waals surface area contributed by atoms with Gasteiger partial charge in [0.1, 0.15) is 12.4 Å². The standard InChI is InChI=1S/C25H25BrFN3O3S/c1-14-12-25(2,3)29(4)20-11-19(27)15(9-18(14)20)10-21-23(32)30(24(33)34-21)13-22(31)28-17-7-5-16(26)6-8-17/h5-11,14H,12-13H2,1-4H3,(H,28,31)/b21-10+. The number of rotatable bonds is 4. The smallest absolute Gasteiger partial charge is 0.294 e. The maximum atomic E-state index is 15.0. The normalized spacial score (nSPS) is 20.6. The summed E-state index contributed by atoms with van der Waals surface area (Å²) < 4.78 is 15.9. The molecule has 1 unspecified atom stereocenters. The first-order chi connectivity index (χ1) is 16.0. The summed E-state index contributed by atoms with van der Waals surface area (Å²) >= 11 is 4.03. The summed E-state index contributed by atoms with van der Waals surface area (Å²) in [6, 6.07) is 10.2. The molecule has 2 aromatic rings. The Labute approximate surface area is 210 Å². The first-order valence-electron chi connectivity index (χ1n) is 10.8. The molecule has 6 nitrogen and oxygen atoms in total. The van der Waals surface area contributed by atoms with E-state index in [9.17, 15) is 14.4 Å². The number of hydrogen-bond donors (Lipinski definition) is 1. The van der Waals surface area contributed by atoms with Crippen LogP contribution in [0.25, 0.3) is 6.08 Å². The lowest BCUT2D eigenvalue weighted by atomic mass is 9.80. The number of carbonyl (C=O) groups is 3. The summed E-state index contributed by atoms with van der Waals surface area (Å²) in [4.78, 5) is 40.7. The third-order valence-corrected chi connectivity index (χ3v) is 7.78. The molecule has 0 radical (unpaired) electrons. The van der Waals surface area contributed by atoms with Gasteiger partial charge < -0.3 is 10.2 Å². The number of carbonyl (C=O) groups excluding carboxylic acids is 3. The molecule has 9 heteroatoms. The number of nitrogens with one attached hydrogen (secondary N) is 1. The molecule has 34 heavy (non-hydrogen) atoms. The Morgan fingerprint density at radius 3 is 2.62 bits per heavy atom. The molecule has 2 aromatic carbocycles. The highest BCUT2D eigenvalue weighted by Crippen LogP contribution is 2.44. The van der Waals surface area contributed by atoms with Crippen molar-refractivity contribution in [2.75, 3.05) is 23.8 Å². The van der Waals surface area contributed by atoms with Crippen molar-refractivity contribution in [3.8, 4) is 0 Å². The zero-order chi connectivity index (χ0) is 24.8. The number of fused-ring (bicyclic) bond motifs is 1. The average molecular weight is 546 g/mol. The molecule has 0 bridgehead atoms. The molecule has 1 fully saturated rings. The van der Waals surface area contributed by atoms with E-state index >= 15 is 4.39 Å². The number of amides is 3. The van der Waals surface area contributed by atoms with E-state index in [-0.39, 0.29) is 21.9 Å². The molecule has 2 heterocycles. The summed E-state index contributed by atoms with van der Waals surface area (Å²) in [5, 5.41) is 2.10. The third kappa shape index (κ3) is 4.77. The van der Waals surface area contributed by atoms with Gasteiger partial charge in [-0.15, -0.1) is 0 Å². The van der Waals surface area contributed by atoms with E-state index in [2.05, 4.69) is 46.9 Å². The number of anilines is 2. The van der Waals surface area contributed by atoms with Gasteiger partial charge in [-0.2, -0.15) is 0 Å². The average Bonchev–Trinajstić information content (AvgIpc) is 3.02. The predicted molar refractivity (Wildman–Crippen MR) is 137 cm³/mol. The van der Waals surface area contributed by atoms with Gasteiger partial charge in [-0.05, 0) is 86.0 Å². The minimum absolute atomic E-state index is 0.0949. The van der Waals surface area contributed by atoms with Crippen LogP contribution < -0.4 is 10.2 Å². The topological polar surface area (TPSA) is 69.7 Å². The van der Waals surface area contributed by atoms with Crippen LogP contribution in [0.2, 0.25) is 0 Å². The van der Waals surface area contributed by atoms with Gasteiger partial charge in [0.25, 0.3) is 11.1 Å². The molecule has 4 rings (SSSR count). The van der Waals surface area contributed by atoms with Crippen molar-refractivity contribution >= 4 is 62.2 Å². The van der Waals surface area contributed by atoms with E-state index in [0.29, 0.717) is 17.4 Å². The first-order valence-corrected chi connectivity index (χ1v) is 12.5. The summed E-state index contributed by atoms with van der Waals surface area (Å²) in [5.74, 6) is -1.35. The molecule has 178 valence electrons. The van der Waals surface area contributed by atoms with Crippen molar-refractivity contribution in [3.63, 3.8) is 0 Å². The second kappa shape index (κ2) is 9.19. The minimum Gasteiger partial charge on any atom is -0.369 e. The number of benzene rings is 2. The molecule has 0 saturated carbocycles. The van der Waals surface area contributed by atoms with Crippen molar-refractivity contribution in [2.24, 2.45) is 0 Å². The van der Waals surface area contributed by atoms with Gasteiger partial charge in [-0.3, -0.25) is 19.3 Å². The fourth-order valence-corrected chi connectivity index (χ4v) is 5.46. The zero-order valence-corrected chi connectivity index (χ0v) is 21.7. The van der Waals surface area contributed by atoms with Gasteiger partial charge in [0.15, 0.2) is 0 Å². The van der Waals surface area contributed by atoms with Gasteiger partial charge in [-0.25, -0.2) is 4.39 Å². The SMILES string of the molecule is CC1CC(C)(C)N(C)c2cc(F)c(/C=C3/SC(=O)N(CC(=O)Nc4ccc(Br)cc4)C3=O)cc21. The molecule has 1 saturated heterocycles. The maximum absolute atomic E-state index is 15.0. The predicted octanol–water partition coefficient (Wildman–Crippen LogP) is 5.99. The van der Waals surface area contributed by atoms with Gasteiger partial charge >= 0.3 is 0 Å². The quantitative estimate of drug-likeness (QED) is 0.478. The van der Waals surface area contributed by atoms with Crippen molar-refractivity contribution < 1.29 is 18.8 Å². The Morgan fingerprint density at radius 1 is 1.26 bits per heavy atom. The van der Waals surface area contributed by atoms with Crippen LogP contribution >= 0.6 is 27.7 Å². The number of hydrogen-bond acceptors (Lipinski definition) is 5. The molecular weight excluding hydrogens is 521 g/mol. The minimum atomic E-state index is -0.607. The lowest BCUT2D eigenvalue weighted by Gasteiger charge is -2.45. The Balaban J connectivity index is 1.54. The van der Waals surface area contributed by atoms with Crippen LogP contribution in [-0.2, 0) is 9.59 Å². The summed E-state index contributed by atoms with van der Waals surface area (Å²) in [6.07, 6.45) is 2.31. The van der Waals surface area contributed by atoms with Gasteiger partial charge in [0.05, 0.1) is 4.91 Å². The van der Waals surface area contributed by atoms with Gasteiger partial charge in [0, 0.05) is 34.0 Å². The van der Waals surface area contributed by atoms with Crippen molar-refractivity contribution in [1.29, 1.82) is 0 Å². The van der Waals surface area contributed by atoms with Crippen LogP contribution in [0.3, 0.4) is 0 Å². The fraction of sp³-hybridized carbons (Fsp3) is 0.320. The lowest BCUT2D eigenvalue weighted by Crippen LogP contribution is -2.45. The number of nitrogens with zero attached hydrogens (tertiary/aromatic N) is 2. The third-order valence-electron chi connectivity index (χ3n) is 6.34. The molecular formula is C25H25BrFN3O3S. The maximum Gasteiger partial charge on any atom is 0.294 e. The molecule has 1 atom stereocenters. The van der Waals surface area contributed by atoms with Crippen molar-refractivity contribution in [1.82, 2.24) is 4.90 Å².